The van der Waals surface area contributed by atoms with E-state index in [2.05, 4.69) is 13.2 Å². The van der Waals surface area contributed by atoms with Gasteiger partial charge in [-0.2, -0.15) is 8.42 Å². The topological polar surface area (TPSA) is 54.4 Å². The Bertz CT molecular complexity index is 136. The first-order valence-electron chi connectivity index (χ1n) is 2.51. The van der Waals surface area contributed by atoms with Gasteiger partial charge in [0.1, 0.15) is 0 Å². The van der Waals surface area contributed by atoms with Gasteiger partial charge < -0.3 is 0 Å². The molecule has 0 radical (unpaired) electrons. The first kappa shape index (κ1) is 11.4. The SMILES string of the molecule is C=C.CCCS(=O)(=O)O. The minimum atomic E-state index is -3.67. The quantitative estimate of drug-likeness (QED) is 0.476. The van der Waals surface area contributed by atoms with Crippen LogP contribution in [0.2, 0.25) is 0 Å². The lowest BCUT2D eigenvalue weighted by molar-refractivity contribution is 0.482. The van der Waals surface area contributed by atoms with Gasteiger partial charge in [-0.25, -0.2) is 0 Å². The van der Waals surface area contributed by atoms with Gasteiger partial charge in [-0.3, -0.25) is 4.55 Å². The van der Waals surface area contributed by atoms with E-state index in [0.717, 1.165) is 0 Å². The van der Waals surface area contributed by atoms with Crippen LogP contribution in [-0.4, -0.2) is 18.7 Å². The van der Waals surface area contributed by atoms with Crippen molar-refractivity contribution in [1.29, 1.82) is 0 Å². The Balaban J connectivity index is 0. The van der Waals surface area contributed by atoms with Crippen molar-refractivity contribution in [3.63, 3.8) is 0 Å². The fourth-order valence-electron chi connectivity index (χ4n) is 0.258. The molecule has 0 saturated carbocycles. The van der Waals surface area contributed by atoms with Crippen LogP contribution in [0.3, 0.4) is 0 Å². The molecule has 0 unspecified atom stereocenters. The summed E-state index contributed by atoms with van der Waals surface area (Å²) in [5.74, 6) is -0.132. The zero-order valence-electron chi connectivity index (χ0n) is 5.50. The van der Waals surface area contributed by atoms with Gasteiger partial charge in [-0.1, -0.05) is 6.92 Å². The molecule has 0 spiro atoms. The molecular formula is C5H12O3S. The lowest BCUT2D eigenvalue weighted by atomic mass is 10.6. The predicted octanol–water partition coefficient (Wildman–Crippen LogP) is 1.09. The molecule has 1 N–H and O–H groups in total. The van der Waals surface area contributed by atoms with Crippen LogP contribution < -0.4 is 0 Å². The standard InChI is InChI=1S/C3H8O3S.C2H4/c1-2-3-7(4,5)6;1-2/h2-3H2,1H3,(H,4,5,6);1-2H2. The van der Waals surface area contributed by atoms with Crippen molar-refractivity contribution in [2.75, 3.05) is 5.75 Å². The highest BCUT2D eigenvalue weighted by atomic mass is 32.2. The minimum Gasteiger partial charge on any atom is -0.286 e. The van der Waals surface area contributed by atoms with Crippen molar-refractivity contribution in [1.82, 2.24) is 0 Å². The largest absolute Gasteiger partial charge is 0.286 e. The summed E-state index contributed by atoms with van der Waals surface area (Å²) in [5.41, 5.74) is 0. The third-order valence-corrected chi connectivity index (χ3v) is 1.39. The average Bonchev–Trinajstić information content (AvgIpc) is 1.69. The molecule has 3 nitrogen and oxygen atoms in total. The van der Waals surface area contributed by atoms with E-state index in [1.165, 1.54) is 0 Å². The number of hydrogen-bond donors (Lipinski definition) is 1. The average molecular weight is 152 g/mol. The molecule has 0 aliphatic heterocycles. The maximum atomic E-state index is 9.79. The van der Waals surface area contributed by atoms with Crippen molar-refractivity contribution in [3.8, 4) is 0 Å². The summed E-state index contributed by atoms with van der Waals surface area (Å²) < 4.78 is 27.6. The molecule has 56 valence electrons. The van der Waals surface area contributed by atoms with Crippen molar-refractivity contribution >= 4 is 10.1 Å². The first-order valence-corrected chi connectivity index (χ1v) is 4.12. The fourth-order valence-corrected chi connectivity index (χ4v) is 0.774. The Hall–Kier alpha value is -0.350. The molecule has 0 heterocycles. The molecule has 9 heavy (non-hydrogen) atoms. The minimum absolute atomic E-state index is 0.132. The Morgan fingerprint density at radius 2 is 1.78 bits per heavy atom. The van der Waals surface area contributed by atoms with Crippen LogP contribution in [0.1, 0.15) is 13.3 Å². The van der Waals surface area contributed by atoms with Gasteiger partial charge in [0.25, 0.3) is 10.1 Å². The zero-order valence-corrected chi connectivity index (χ0v) is 6.32. The van der Waals surface area contributed by atoms with Crippen LogP contribution in [0.4, 0.5) is 0 Å². The Labute approximate surface area is 56.1 Å². The zero-order chi connectivity index (χ0) is 7.91. The van der Waals surface area contributed by atoms with Crippen molar-refractivity contribution < 1.29 is 13.0 Å². The summed E-state index contributed by atoms with van der Waals surface area (Å²) in [4.78, 5) is 0. The van der Waals surface area contributed by atoms with Crippen molar-refractivity contribution in [2.45, 2.75) is 13.3 Å². The second-order valence-corrected chi connectivity index (χ2v) is 2.86. The summed E-state index contributed by atoms with van der Waals surface area (Å²) in [6, 6.07) is 0. The Morgan fingerprint density at radius 3 is 1.78 bits per heavy atom. The molecule has 0 atom stereocenters. The maximum Gasteiger partial charge on any atom is 0.264 e. The molecule has 0 bridgehead atoms. The molecule has 0 aromatic carbocycles. The predicted molar refractivity (Wildman–Crippen MR) is 38.0 cm³/mol. The summed E-state index contributed by atoms with van der Waals surface area (Å²) in [7, 11) is -3.67. The molecule has 0 saturated heterocycles. The summed E-state index contributed by atoms with van der Waals surface area (Å²) in [5, 5.41) is 0. The molecule has 0 aliphatic rings. The van der Waals surface area contributed by atoms with E-state index in [0.29, 0.717) is 6.42 Å². The molecule has 0 rings (SSSR count). The fraction of sp³-hybridized carbons (Fsp3) is 0.600. The summed E-state index contributed by atoms with van der Waals surface area (Å²) in [6.07, 6.45) is 0.471. The second-order valence-electron chi connectivity index (χ2n) is 1.29. The maximum absolute atomic E-state index is 9.79. The molecule has 4 heteroatoms. The van der Waals surface area contributed by atoms with E-state index in [1.54, 1.807) is 6.92 Å². The van der Waals surface area contributed by atoms with E-state index in [-0.39, 0.29) is 5.75 Å². The Kier molecular flexibility index (Phi) is 7.35. The van der Waals surface area contributed by atoms with Crippen LogP contribution in [0.25, 0.3) is 0 Å². The lowest BCUT2D eigenvalue weighted by Crippen LogP contribution is -2.01. The van der Waals surface area contributed by atoms with Gasteiger partial charge in [-0.15, -0.1) is 13.2 Å². The van der Waals surface area contributed by atoms with E-state index >= 15 is 0 Å². The normalized spacial score (nSPS) is 9.56. The smallest absolute Gasteiger partial charge is 0.264 e. The first-order chi connectivity index (χ1) is 4.06. The van der Waals surface area contributed by atoms with Crippen LogP contribution in [0.15, 0.2) is 13.2 Å². The van der Waals surface area contributed by atoms with Gasteiger partial charge in [0.05, 0.1) is 5.75 Å². The number of hydrogen-bond acceptors (Lipinski definition) is 2. The molecule has 0 amide bonds. The molecule has 0 aromatic rings. The van der Waals surface area contributed by atoms with Gasteiger partial charge in [0, 0.05) is 0 Å². The highest BCUT2D eigenvalue weighted by Crippen LogP contribution is 1.83. The van der Waals surface area contributed by atoms with Crippen LogP contribution in [0, 0.1) is 0 Å². The van der Waals surface area contributed by atoms with Crippen molar-refractivity contribution in [3.05, 3.63) is 13.2 Å². The summed E-state index contributed by atoms with van der Waals surface area (Å²) >= 11 is 0. The van der Waals surface area contributed by atoms with E-state index in [9.17, 15) is 8.42 Å². The summed E-state index contributed by atoms with van der Waals surface area (Å²) in [6.45, 7) is 7.69. The van der Waals surface area contributed by atoms with Gasteiger partial charge >= 0.3 is 0 Å². The molecular weight excluding hydrogens is 140 g/mol. The molecule has 0 fully saturated rings. The van der Waals surface area contributed by atoms with Crippen LogP contribution >= 0.6 is 0 Å². The third-order valence-electron chi connectivity index (χ3n) is 0.462. The molecule has 0 aliphatic carbocycles. The van der Waals surface area contributed by atoms with E-state index in [1.807, 2.05) is 0 Å². The van der Waals surface area contributed by atoms with E-state index < -0.39 is 10.1 Å². The molecule has 0 aromatic heterocycles. The highest BCUT2D eigenvalue weighted by molar-refractivity contribution is 7.85. The van der Waals surface area contributed by atoms with Crippen molar-refractivity contribution in [2.24, 2.45) is 0 Å². The van der Waals surface area contributed by atoms with Crippen LogP contribution in [-0.2, 0) is 10.1 Å². The van der Waals surface area contributed by atoms with E-state index in [4.69, 9.17) is 4.55 Å². The Morgan fingerprint density at radius 1 is 1.44 bits per heavy atom. The number of rotatable bonds is 2. The highest BCUT2D eigenvalue weighted by Gasteiger charge is 1.98. The monoisotopic (exact) mass is 152 g/mol. The van der Waals surface area contributed by atoms with Crippen LogP contribution in [0.5, 0.6) is 0 Å². The second kappa shape index (κ2) is 5.78. The lowest BCUT2D eigenvalue weighted by Gasteiger charge is -1.85. The third kappa shape index (κ3) is 18.3. The van der Waals surface area contributed by atoms with Gasteiger partial charge in [-0.05, 0) is 6.42 Å². The van der Waals surface area contributed by atoms with Gasteiger partial charge in [0.2, 0.25) is 0 Å². The van der Waals surface area contributed by atoms with Gasteiger partial charge in [0.15, 0.2) is 0 Å².